The molecule has 0 unspecified atom stereocenters. The van der Waals surface area contributed by atoms with Gasteiger partial charge in [0.15, 0.2) is 0 Å². The molecule has 3 aromatic rings. The molecule has 0 heterocycles. The Hall–Kier alpha value is -2.48. The molecular weight excluding hydrogens is 280 g/mol. The summed E-state index contributed by atoms with van der Waals surface area (Å²) in [5.41, 5.74) is 8.17. The number of anilines is 2. The summed E-state index contributed by atoms with van der Waals surface area (Å²) in [6, 6.07) is 18.1. The maximum Gasteiger partial charge on any atom is 0.0441 e. The van der Waals surface area contributed by atoms with Crippen LogP contribution < -0.4 is 9.80 Å². The van der Waals surface area contributed by atoms with Gasteiger partial charge in [0.05, 0.1) is 0 Å². The second kappa shape index (κ2) is 5.02. The molecule has 23 heavy (non-hydrogen) atoms. The van der Waals surface area contributed by atoms with E-state index in [-0.39, 0.29) is 0 Å². The molecule has 0 N–H and O–H groups in total. The molecule has 1 aliphatic carbocycles. The number of fused-ring (bicyclic) bond motifs is 2. The minimum absolute atomic E-state index is 1.01. The van der Waals surface area contributed by atoms with Gasteiger partial charge in [-0.15, -0.1) is 0 Å². The van der Waals surface area contributed by atoms with Gasteiger partial charge in [0.1, 0.15) is 0 Å². The lowest BCUT2D eigenvalue weighted by Crippen LogP contribution is -2.12. The summed E-state index contributed by atoms with van der Waals surface area (Å²) in [7, 11) is 8.43. The Balaban J connectivity index is 2.02. The maximum atomic E-state index is 2.33. The predicted molar refractivity (Wildman–Crippen MR) is 101 cm³/mol. The summed E-state index contributed by atoms with van der Waals surface area (Å²) in [6.45, 7) is 0. The first-order valence-electron chi connectivity index (χ1n) is 8.09. The first-order valence-corrected chi connectivity index (χ1v) is 8.09. The molecule has 2 nitrogen and oxygen atoms in total. The molecule has 0 bridgehead atoms. The Kier molecular flexibility index (Phi) is 3.08. The van der Waals surface area contributed by atoms with Crippen molar-refractivity contribution in [3.05, 3.63) is 59.7 Å². The van der Waals surface area contributed by atoms with Crippen molar-refractivity contribution in [3.8, 4) is 11.1 Å². The molecule has 3 aromatic carbocycles. The van der Waals surface area contributed by atoms with Crippen LogP contribution in [0.1, 0.15) is 11.1 Å². The Bertz CT molecular complexity index is 907. The standard InChI is InChI=1S/C21H22N2/c1-22(2)16-8-9-17-15(13-16)12-14-6-5-7-19-20(23(3)4)11-10-18(17)21(14)19/h5-11,13H,12H2,1-4H3. The second-order valence-electron chi connectivity index (χ2n) is 6.78. The number of hydrogen-bond acceptors (Lipinski definition) is 2. The van der Waals surface area contributed by atoms with Gasteiger partial charge in [0, 0.05) is 45.0 Å². The lowest BCUT2D eigenvalue weighted by atomic mass is 9.83. The topological polar surface area (TPSA) is 6.48 Å². The molecule has 116 valence electrons. The minimum atomic E-state index is 1.01. The highest BCUT2D eigenvalue weighted by atomic mass is 15.1. The van der Waals surface area contributed by atoms with Crippen molar-refractivity contribution in [2.24, 2.45) is 0 Å². The van der Waals surface area contributed by atoms with Crippen LogP contribution in [-0.2, 0) is 6.42 Å². The van der Waals surface area contributed by atoms with Crippen LogP contribution in [-0.4, -0.2) is 28.2 Å². The molecular formula is C21H22N2. The summed E-state index contributed by atoms with van der Waals surface area (Å²) >= 11 is 0. The van der Waals surface area contributed by atoms with Crippen molar-refractivity contribution < 1.29 is 0 Å². The highest BCUT2D eigenvalue weighted by molar-refractivity contribution is 6.07. The van der Waals surface area contributed by atoms with Crippen molar-refractivity contribution in [2.45, 2.75) is 6.42 Å². The molecule has 0 radical (unpaired) electrons. The normalized spacial score (nSPS) is 12.2. The first kappa shape index (κ1) is 14.1. The zero-order valence-electron chi connectivity index (χ0n) is 14.2. The molecule has 2 heteroatoms. The largest absolute Gasteiger partial charge is 0.378 e. The van der Waals surface area contributed by atoms with Crippen LogP contribution in [0.25, 0.3) is 21.9 Å². The van der Waals surface area contributed by atoms with Gasteiger partial charge >= 0.3 is 0 Å². The van der Waals surface area contributed by atoms with Crippen molar-refractivity contribution in [1.82, 2.24) is 0 Å². The summed E-state index contributed by atoms with van der Waals surface area (Å²) in [5.74, 6) is 0. The van der Waals surface area contributed by atoms with E-state index in [1.165, 1.54) is 44.4 Å². The Labute approximate surface area is 138 Å². The van der Waals surface area contributed by atoms with Crippen molar-refractivity contribution in [1.29, 1.82) is 0 Å². The summed E-state index contributed by atoms with van der Waals surface area (Å²) in [4.78, 5) is 4.37. The number of nitrogens with zero attached hydrogens (tertiary/aromatic N) is 2. The average molecular weight is 302 g/mol. The molecule has 0 aromatic heterocycles. The highest BCUT2D eigenvalue weighted by Gasteiger charge is 2.20. The number of rotatable bonds is 2. The summed E-state index contributed by atoms with van der Waals surface area (Å²) in [6.07, 6.45) is 1.01. The fourth-order valence-corrected chi connectivity index (χ4v) is 3.70. The van der Waals surface area contributed by atoms with Crippen LogP contribution in [0, 0.1) is 0 Å². The molecule has 0 aliphatic heterocycles. The van der Waals surface area contributed by atoms with Gasteiger partial charge in [0.25, 0.3) is 0 Å². The molecule has 0 spiro atoms. The monoisotopic (exact) mass is 302 g/mol. The molecule has 0 atom stereocenters. The third-order valence-electron chi connectivity index (χ3n) is 4.86. The van der Waals surface area contributed by atoms with Crippen LogP contribution in [0.5, 0.6) is 0 Å². The molecule has 4 rings (SSSR count). The summed E-state index contributed by atoms with van der Waals surface area (Å²) < 4.78 is 0. The van der Waals surface area contributed by atoms with Gasteiger partial charge in [-0.3, -0.25) is 0 Å². The molecule has 0 fully saturated rings. The zero-order valence-corrected chi connectivity index (χ0v) is 14.2. The quantitative estimate of drug-likeness (QED) is 0.536. The van der Waals surface area contributed by atoms with Gasteiger partial charge in [0.2, 0.25) is 0 Å². The Morgan fingerprint density at radius 2 is 1.52 bits per heavy atom. The number of hydrogen-bond donors (Lipinski definition) is 0. The van der Waals surface area contributed by atoms with Crippen molar-refractivity contribution in [3.63, 3.8) is 0 Å². The van der Waals surface area contributed by atoms with Gasteiger partial charge in [-0.25, -0.2) is 0 Å². The van der Waals surface area contributed by atoms with Crippen LogP contribution in [0.2, 0.25) is 0 Å². The Morgan fingerprint density at radius 3 is 2.26 bits per heavy atom. The fraction of sp³-hybridized carbons (Fsp3) is 0.238. The van der Waals surface area contributed by atoms with Crippen molar-refractivity contribution >= 4 is 22.1 Å². The van der Waals surface area contributed by atoms with Crippen molar-refractivity contribution in [2.75, 3.05) is 38.0 Å². The van der Waals surface area contributed by atoms with E-state index < -0.39 is 0 Å². The van der Waals surface area contributed by atoms with E-state index in [9.17, 15) is 0 Å². The first-order chi connectivity index (χ1) is 11.1. The lowest BCUT2D eigenvalue weighted by Gasteiger charge is -2.25. The lowest BCUT2D eigenvalue weighted by molar-refractivity contribution is 1.11. The van der Waals surface area contributed by atoms with Gasteiger partial charge in [-0.05, 0) is 52.3 Å². The fourth-order valence-electron chi connectivity index (χ4n) is 3.70. The van der Waals surface area contributed by atoms with Crippen LogP contribution >= 0.6 is 0 Å². The molecule has 0 saturated carbocycles. The third kappa shape index (κ3) is 2.09. The molecule has 0 amide bonds. The van der Waals surface area contributed by atoms with E-state index in [2.05, 4.69) is 86.5 Å². The molecule has 0 saturated heterocycles. The highest BCUT2D eigenvalue weighted by Crippen LogP contribution is 2.43. The average Bonchev–Trinajstić information content (AvgIpc) is 2.54. The van der Waals surface area contributed by atoms with Crippen LogP contribution in [0.15, 0.2) is 48.5 Å². The predicted octanol–water partition coefficient (Wildman–Crippen LogP) is 4.54. The van der Waals surface area contributed by atoms with Crippen LogP contribution in [0.4, 0.5) is 11.4 Å². The van der Waals surface area contributed by atoms with E-state index in [1.54, 1.807) is 0 Å². The zero-order chi connectivity index (χ0) is 16.1. The van der Waals surface area contributed by atoms with Gasteiger partial charge in [-0.1, -0.05) is 30.3 Å². The smallest absolute Gasteiger partial charge is 0.0441 e. The minimum Gasteiger partial charge on any atom is -0.378 e. The Morgan fingerprint density at radius 1 is 0.739 bits per heavy atom. The van der Waals surface area contributed by atoms with E-state index in [4.69, 9.17) is 0 Å². The second-order valence-corrected chi connectivity index (χ2v) is 6.78. The van der Waals surface area contributed by atoms with Gasteiger partial charge in [-0.2, -0.15) is 0 Å². The van der Waals surface area contributed by atoms with E-state index in [0.717, 1.165) is 6.42 Å². The van der Waals surface area contributed by atoms with E-state index in [0.29, 0.717) is 0 Å². The van der Waals surface area contributed by atoms with Crippen LogP contribution in [0.3, 0.4) is 0 Å². The van der Waals surface area contributed by atoms with E-state index in [1.807, 2.05) is 0 Å². The molecule has 1 aliphatic rings. The SMILES string of the molecule is CN(C)c1ccc2c(c1)Cc1cccc3c(N(C)C)ccc-2c13. The third-order valence-corrected chi connectivity index (χ3v) is 4.86. The summed E-state index contributed by atoms with van der Waals surface area (Å²) in [5, 5.41) is 2.77. The van der Waals surface area contributed by atoms with E-state index >= 15 is 0 Å². The van der Waals surface area contributed by atoms with Gasteiger partial charge < -0.3 is 9.80 Å². The maximum absolute atomic E-state index is 2.33. The number of benzene rings is 3.